The first-order valence-electron chi connectivity index (χ1n) is 9.75. The second kappa shape index (κ2) is 9.52. The predicted octanol–water partition coefficient (Wildman–Crippen LogP) is 2.05. The van der Waals surface area contributed by atoms with Gasteiger partial charge in [0.1, 0.15) is 0 Å². The van der Waals surface area contributed by atoms with E-state index in [1.54, 1.807) is 7.05 Å². The molecule has 0 spiro atoms. The zero-order valence-corrected chi connectivity index (χ0v) is 16.0. The third-order valence-corrected chi connectivity index (χ3v) is 5.13. The first kappa shape index (κ1) is 18.6. The second-order valence-corrected chi connectivity index (χ2v) is 6.99. The van der Waals surface area contributed by atoms with E-state index in [-0.39, 0.29) is 0 Å². The largest absolute Gasteiger partial charge is 0.356 e. The molecule has 1 aliphatic heterocycles. The van der Waals surface area contributed by atoms with E-state index in [0.717, 1.165) is 36.4 Å². The summed E-state index contributed by atoms with van der Waals surface area (Å²) in [5.74, 6) is 1.69. The minimum Gasteiger partial charge on any atom is -0.356 e. The van der Waals surface area contributed by atoms with Gasteiger partial charge in [0.15, 0.2) is 17.4 Å². The van der Waals surface area contributed by atoms with Gasteiger partial charge in [0.05, 0.1) is 6.54 Å². The molecular weight excluding hydrogens is 326 g/mol. The molecule has 0 amide bonds. The van der Waals surface area contributed by atoms with E-state index in [1.807, 2.05) is 28.8 Å². The number of aromatic nitrogens is 3. The van der Waals surface area contributed by atoms with Gasteiger partial charge in [0.25, 0.3) is 0 Å². The number of piperidine rings is 1. The second-order valence-electron chi connectivity index (χ2n) is 6.99. The van der Waals surface area contributed by atoms with Crippen molar-refractivity contribution in [3.05, 3.63) is 30.2 Å². The van der Waals surface area contributed by atoms with Crippen LogP contribution in [-0.2, 0) is 6.54 Å². The van der Waals surface area contributed by atoms with E-state index in [9.17, 15) is 0 Å². The van der Waals surface area contributed by atoms with Gasteiger partial charge in [0.2, 0.25) is 0 Å². The molecule has 7 heteroatoms. The van der Waals surface area contributed by atoms with Crippen LogP contribution in [0.15, 0.2) is 29.4 Å². The van der Waals surface area contributed by atoms with Crippen LogP contribution in [0.2, 0.25) is 0 Å². The van der Waals surface area contributed by atoms with Crippen LogP contribution < -0.4 is 10.6 Å². The van der Waals surface area contributed by atoms with Gasteiger partial charge < -0.3 is 15.5 Å². The maximum Gasteiger partial charge on any atom is 0.191 e. The third-order valence-electron chi connectivity index (χ3n) is 5.13. The van der Waals surface area contributed by atoms with Gasteiger partial charge in [-0.25, -0.2) is 0 Å². The highest BCUT2D eigenvalue weighted by Crippen LogP contribution is 2.16. The van der Waals surface area contributed by atoms with Crippen LogP contribution in [0.1, 0.15) is 44.9 Å². The molecule has 2 N–H and O–H groups in total. The Morgan fingerprint density at radius 3 is 3.00 bits per heavy atom. The Balaban J connectivity index is 1.36. The Kier molecular flexibility index (Phi) is 6.82. The van der Waals surface area contributed by atoms with Crippen LogP contribution in [0.5, 0.6) is 0 Å². The fourth-order valence-corrected chi connectivity index (χ4v) is 3.53. The van der Waals surface area contributed by atoms with Crippen LogP contribution >= 0.6 is 0 Å². The van der Waals surface area contributed by atoms with Crippen molar-refractivity contribution in [3.8, 4) is 0 Å². The monoisotopic (exact) mass is 357 g/mol. The van der Waals surface area contributed by atoms with Gasteiger partial charge >= 0.3 is 0 Å². The summed E-state index contributed by atoms with van der Waals surface area (Å²) in [5.41, 5.74) is 0.860. The van der Waals surface area contributed by atoms with Crippen LogP contribution in [0, 0.1) is 0 Å². The highest BCUT2D eigenvalue weighted by molar-refractivity contribution is 5.79. The Morgan fingerprint density at radius 2 is 2.15 bits per heavy atom. The Bertz CT molecular complexity index is 709. The molecule has 3 rings (SSSR count). The molecule has 0 saturated carbocycles. The molecule has 0 bridgehead atoms. The molecule has 7 nitrogen and oxygen atoms in total. The molecule has 0 aromatic carbocycles. The van der Waals surface area contributed by atoms with E-state index < -0.39 is 0 Å². The summed E-state index contributed by atoms with van der Waals surface area (Å²) < 4.78 is 1.99. The van der Waals surface area contributed by atoms with Gasteiger partial charge in [-0.3, -0.25) is 9.39 Å². The average Bonchev–Trinajstić information content (AvgIpc) is 3.08. The standard InChI is InChI=1S/C19H31N7/c1-16-9-3-6-12-25(16)13-8-5-11-21-19(20-2)22-15-18-24-23-17-10-4-7-14-26(17)18/h4,7,10,14,16H,3,5-6,8-9,11-13,15H2,1-2H3,(H2,20,21,22). The van der Waals surface area contributed by atoms with Gasteiger partial charge in [-0.15, -0.1) is 10.2 Å². The van der Waals surface area contributed by atoms with E-state index in [0.29, 0.717) is 6.54 Å². The predicted molar refractivity (Wildman–Crippen MR) is 105 cm³/mol. The van der Waals surface area contributed by atoms with E-state index in [2.05, 4.69) is 37.6 Å². The molecule has 3 heterocycles. The smallest absolute Gasteiger partial charge is 0.191 e. The molecule has 2 aromatic heterocycles. The highest BCUT2D eigenvalue weighted by Gasteiger charge is 2.16. The maximum absolute atomic E-state index is 4.29. The fourth-order valence-electron chi connectivity index (χ4n) is 3.53. The summed E-state index contributed by atoms with van der Waals surface area (Å²) in [5, 5.41) is 15.1. The number of aliphatic imine (C=N–C) groups is 1. The molecular formula is C19H31N7. The summed E-state index contributed by atoms with van der Waals surface area (Å²) in [6, 6.07) is 6.65. The van der Waals surface area contributed by atoms with Gasteiger partial charge in [0, 0.05) is 25.8 Å². The number of nitrogens with one attached hydrogen (secondary N) is 2. The van der Waals surface area contributed by atoms with Gasteiger partial charge in [-0.2, -0.15) is 0 Å². The number of hydrogen-bond acceptors (Lipinski definition) is 4. The van der Waals surface area contributed by atoms with Crippen molar-refractivity contribution in [3.63, 3.8) is 0 Å². The minimum absolute atomic E-state index is 0.593. The molecule has 0 aliphatic carbocycles. The molecule has 1 saturated heterocycles. The van der Waals surface area contributed by atoms with Crippen molar-refractivity contribution >= 4 is 11.6 Å². The topological polar surface area (TPSA) is 69.8 Å². The normalized spacial score (nSPS) is 19.0. The lowest BCUT2D eigenvalue weighted by atomic mass is 10.0. The lowest BCUT2D eigenvalue weighted by Gasteiger charge is -2.33. The number of rotatable bonds is 7. The zero-order valence-electron chi connectivity index (χ0n) is 16.0. The molecule has 142 valence electrons. The highest BCUT2D eigenvalue weighted by atomic mass is 15.3. The maximum atomic E-state index is 4.29. The fraction of sp³-hybridized carbons (Fsp3) is 0.632. The number of fused-ring (bicyclic) bond motifs is 1. The lowest BCUT2D eigenvalue weighted by molar-refractivity contribution is 0.158. The zero-order chi connectivity index (χ0) is 18.2. The number of hydrogen-bond donors (Lipinski definition) is 2. The van der Waals surface area contributed by atoms with Gasteiger partial charge in [-0.1, -0.05) is 12.5 Å². The summed E-state index contributed by atoms with van der Waals surface area (Å²) >= 11 is 0. The Labute approximate surface area is 155 Å². The third kappa shape index (κ3) is 4.94. The summed E-state index contributed by atoms with van der Waals surface area (Å²) in [4.78, 5) is 6.93. The molecule has 1 unspecified atom stereocenters. The van der Waals surface area contributed by atoms with Crippen LogP contribution in [0.25, 0.3) is 5.65 Å². The van der Waals surface area contributed by atoms with E-state index in [4.69, 9.17) is 0 Å². The molecule has 1 atom stereocenters. The van der Waals surface area contributed by atoms with Crippen LogP contribution in [0.3, 0.4) is 0 Å². The number of likely N-dealkylation sites (tertiary alicyclic amines) is 1. The van der Waals surface area contributed by atoms with Crippen LogP contribution in [0.4, 0.5) is 0 Å². The summed E-state index contributed by atoms with van der Waals surface area (Å²) in [6.45, 7) is 6.36. The van der Waals surface area contributed by atoms with E-state index >= 15 is 0 Å². The first-order valence-corrected chi connectivity index (χ1v) is 9.75. The van der Waals surface area contributed by atoms with Crippen LogP contribution in [-0.4, -0.2) is 58.2 Å². The molecule has 2 aromatic rings. The summed E-state index contributed by atoms with van der Waals surface area (Å²) in [6.07, 6.45) is 8.45. The van der Waals surface area contributed by atoms with E-state index in [1.165, 1.54) is 38.8 Å². The first-order chi connectivity index (χ1) is 12.8. The SMILES string of the molecule is CN=C(NCCCCN1CCCCC1C)NCc1nnc2ccccn12. The minimum atomic E-state index is 0.593. The molecule has 26 heavy (non-hydrogen) atoms. The number of guanidine groups is 1. The van der Waals surface area contributed by atoms with Crippen molar-refractivity contribution in [2.24, 2.45) is 4.99 Å². The van der Waals surface area contributed by atoms with Crippen molar-refractivity contribution in [2.45, 2.75) is 51.6 Å². The quantitative estimate of drug-likeness (QED) is 0.451. The summed E-state index contributed by atoms with van der Waals surface area (Å²) in [7, 11) is 1.80. The molecule has 0 radical (unpaired) electrons. The van der Waals surface area contributed by atoms with Crippen molar-refractivity contribution in [1.82, 2.24) is 30.1 Å². The Hall–Kier alpha value is -2.15. The lowest BCUT2D eigenvalue weighted by Crippen LogP contribution is -2.39. The molecule has 1 aliphatic rings. The van der Waals surface area contributed by atoms with Crippen molar-refractivity contribution in [1.29, 1.82) is 0 Å². The average molecular weight is 358 g/mol. The van der Waals surface area contributed by atoms with Gasteiger partial charge in [-0.05, 0) is 57.8 Å². The van der Waals surface area contributed by atoms with Crippen molar-refractivity contribution in [2.75, 3.05) is 26.7 Å². The Morgan fingerprint density at radius 1 is 1.23 bits per heavy atom. The number of nitrogens with zero attached hydrogens (tertiary/aromatic N) is 5. The molecule has 1 fully saturated rings. The number of pyridine rings is 1. The van der Waals surface area contributed by atoms with Crippen molar-refractivity contribution < 1.29 is 0 Å². The number of unbranched alkanes of at least 4 members (excludes halogenated alkanes) is 1.